The smallest absolute Gasteiger partial charge is 0.119 e. The van der Waals surface area contributed by atoms with E-state index in [4.69, 9.17) is 0 Å². The molecule has 1 aliphatic rings. The van der Waals surface area contributed by atoms with Gasteiger partial charge in [-0.15, -0.1) is 0 Å². The first kappa shape index (κ1) is 17.8. The molecular weight excluding hydrogens is 308 g/mol. The molecule has 0 unspecified atom stereocenters. The van der Waals surface area contributed by atoms with Crippen molar-refractivity contribution in [2.75, 3.05) is 0 Å². The minimum atomic E-state index is 0.139. The first-order valence-corrected chi connectivity index (χ1v) is 9.79. The lowest BCUT2D eigenvalue weighted by atomic mass is 9.85. The molecule has 0 spiro atoms. The van der Waals surface area contributed by atoms with Gasteiger partial charge in [0, 0.05) is 6.07 Å². The van der Waals surface area contributed by atoms with Crippen LogP contribution in [0.5, 0.6) is 11.5 Å². The molecule has 2 N–H and O–H groups in total. The minimum absolute atomic E-state index is 0.139. The first-order valence-electron chi connectivity index (χ1n) is 9.79. The summed E-state index contributed by atoms with van der Waals surface area (Å²) < 4.78 is 0. The molecular formula is C23H30O2. The SMILES string of the molecule is Oc1cc(O)cc(CCCc2cccc(CCC3CCCCC3)c2)c1. The number of hydrogen-bond acceptors (Lipinski definition) is 2. The molecule has 2 heteroatoms. The molecule has 3 rings (SSSR count). The van der Waals surface area contributed by atoms with Crippen molar-refractivity contribution in [2.45, 2.75) is 64.2 Å². The summed E-state index contributed by atoms with van der Waals surface area (Å²) in [7, 11) is 0. The van der Waals surface area contributed by atoms with Gasteiger partial charge in [-0.3, -0.25) is 0 Å². The van der Waals surface area contributed by atoms with Gasteiger partial charge in [-0.05, 0) is 66.8 Å². The predicted octanol–water partition coefficient (Wildman–Crippen LogP) is 5.79. The lowest BCUT2D eigenvalue weighted by molar-refractivity contribution is 0.339. The normalized spacial score (nSPS) is 15.4. The van der Waals surface area contributed by atoms with Gasteiger partial charge in [-0.25, -0.2) is 0 Å². The zero-order chi connectivity index (χ0) is 17.5. The maximum absolute atomic E-state index is 9.55. The summed E-state index contributed by atoms with van der Waals surface area (Å²) in [4.78, 5) is 0. The third kappa shape index (κ3) is 5.81. The molecule has 134 valence electrons. The van der Waals surface area contributed by atoms with Gasteiger partial charge in [0.05, 0.1) is 0 Å². The molecule has 0 atom stereocenters. The molecule has 2 nitrogen and oxygen atoms in total. The van der Waals surface area contributed by atoms with E-state index in [0.29, 0.717) is 0 Å². The lowest BCUT2D eigenvalue weighted by Crippen LogP contribution is -2.07. The van der Waals surface area contributed by atoms with Crippen LogP contribution in [0.15, 0.2) is 42.5 Å². The molecule has 2 aromatic carbocycles. The van der Waals surface area contributed by atoms with Crippen LogP contribution in [0.25, 0.3) is 0 Å². The van der Waals surface area contributed by atoms with E-state index in [1.54, 1.807) is 12.1 Å². The minimum Gasteiger partial charge on any atom is -0.508 e. The Morgan fingerprint density at radius 2 is 1.36 bits per heavy atom. The molecule has 0 saturated heterocycles. The summed E-state index contributed by atoms with van der Waals surface area (Å²) in [6.07, 6.45) is 12.6. The zero-order valence-corrected chi connectivity index (χ0v) is 15.1. The van der Waals surface area contributed by atoms with Gasteiger partial charge in [-0.2, -0.15) is 0 Å². The maximum Gasteiger partial charge on any atom is 0.119 e. The molecule has 1 fully saturated rings. The van der Waals surface area contributed by atoms with Crippen LogP contribution in [0.2, 0.25) is 0 Å². The summed E-state index contributed by atoms with van der Waals surface area (Å²) in [6.45, 7) is 0. The Kier molecular flexibility index (Phi) is 6.38. The van der Waals surface area contributed by atoms with E-state index in [1.165, 1.54) is 62.1 Å². The molecule has 1 aliphatic carbocycles. The molecule has 0 heterocycles. The van der Waals surface area contributed by atoms with Crippen molar-refractivity contribution in [1.82, 2.24) is 0 Å². The Hall–Kier alpha value is -1.96. The van der Waals surface area contributed by atoms with Crippen LogP contribution < -0.4 is 0 Å². The van der Waals surface area contributed by atoms with Crippen LogP contribution in [0.1, 0.15) is 61.6 Å². The molecule has 0 aromatic heterocycles. The van der Waals surface area contributed by atoms with E-state index in [9.17, 15) is 10.2 Å². The Morgan fingerprint density at radius 3 is 2.08 bits per heavy atom. The number of rotatable bonds is 7. The highest BCUT2D eigenvalue weighted by Gasteiger charge is 2.13. The Balaban J connectivity index is 1.47. The number of hydrogen-bond donors (Lipinski definition) is 2. The average molecular weight is 338 g/mol. The van der Waals surface area contributed by atoms with Crippen LogP contribution in [0.4, 0.5) is 0 Å². The van der Waals surface area contributed by atoms with Crippen molar-refractivity contribution in [1.29, 1.82) is 0 Å². The fraction of sp³-hybridized carbons (Fsp3) is 0.478. The topological polar surface area (TPSA) is 40.5 Å². The van der Waals surface area contributed by atoms with Gasteiger partial charge in [0.15, 0.2) is 0 Å². The summed E-state index contributed by atoms with van der Waals surface area (Å²) in [5.41, 5.74) is 3.86. The largest absolute Gasteiger partial charge is 0.508 e. The third-order valence-electron chi connectivity index (χ3n) is 5.45. The fourth-order valence-electron chi connectivity index (χ4n) is 4.08. The Morgan fingerprint density at radius 1 is 0.720 bits per heavy atom. The Bertz CT molecular complexity index is 651. The highest BCUT2D eigenvalue weighted by Crippen LogP contribution is 2.27. The molecule has 0 bridgehead atoms. The standard InChI is InChI=1S/C23H30O2/c24-22-15-21(16-23(25)17-22)11-5-9-19-8-4-10-20(14-19)13-12-18-6-2-1-3-7-18/h4,8,10,14-18,24-25H,1-3,5-7,9,11-13H2. The summed E-state index contributed by atoms with van der Waals surface area (Å²) in [5, 5.41) is 19.1. The number of aromatic hydroxyl groups is 2. The molecule has 1 saturated carbocycles. The van der Waals surface area contributed by atoms with Crippen LogP contribution in [0.3, 0.4) is 0 Å². The summed E-state index contributed by atoms with van der Waals surface area (Å²) >= 11 is 0. The van der Waals surface area contributed by atoms with Gasteiger partial charge < -0.3 is 10.2 Å². The third-order valence-corrected chi connectivity index (χ3v) is 5.45. The molecule has 0 amide bonds. The predicted molar refractivity (Wildman–Crippen MR) is 103 cm³/mol. The molecule has 0 aliphatic heterocycles. The second-order valence-electron chi connectivity index (χ2n) is 7.57. The van der Waals surface area contributed by atoms with E-state index < -0.39 is 0 Å². The van der Waals surface area contributed by atoms with Crippen molar-refractivity contribution in [3.8, 4) is 11.5 Å². The van der Waals surface area contributed by atoms with Gasteiger partial charge in [0.25, 0.3) is 0 Å². The second kappa shape index (κ2) is 8.94. The number of phenols is 2. The Labute approximate surface area is 151 Å². The van der Waals surface area contributed by atoms with Crippen molar-refractivity contribution in [3.63, 3.8) is 0 Å². The number of phenolic OH excluding ortho intramolecular Hbond substituents is 2. The van der Waals surface area contributed by atoms with Gasteiger partial charge in [0.2, 0.25) is 0 Å². The number of benzene rings is 2. The fourth-order valence-corrected chi connectivity index (χ4v) is 4.08. The maximum atomic E-state index is 9.55. The van der Waals surface area contributed by atoms with E-state index in [-0.39, 0.29) is 11.5 Å². The van der Waals surface area contributed by atoms with Crippen molar-refractivity contribution < 1.29 is 10.2 Å². The average Bonchev–Trinajstić information content (AvgIpc) is 2.60. The highest BCUT2D eigenvalue weighted by atomic mass is 16.3. The summed E-state index contributed by atoms with van der Waals surface area (Å²) in [6, 6.07) is 13.9. The van der Waals surface area contributed by atoms with E-state index in [0.717, 1.165) is 30.7 Å². The highest BCUT2D eigenvalue weighted by molar-refractivity contribution is 5.36. The monoisotopic (exact) mass is 338 g/mol. The second-order valence-corrected chi connectivity index (χ2v) is 7.57. The molecule has 25 heavy (non-hydrogen) atoms. The zero-order valence-electron chi connectivity index (χ0n) is 15.1. The van der Waals surface area contributed by atoms with Crippen molar-refractivity contribution in [3.05, 3.63) is 59.2 Å². The van der Waals surface area contributed by atoms with Gasteiger partial charge in [0.1, 0.15) is 11.5 Å². The van der Waals surface area contributed by atoms with Gasteiger partial charge >= 0.3 is 0 Å². The van der Waals surface area contributed by atoms with Crippen molar-refractivity contribution >= 4 is 0 Å². The summed E-state index contributed by atoms with van der Waals surface area (Å²) in [5.74, 6) is 1.22. The first-order chi connectivity index (χ1) is 12.2. The molecule has 2 aromatic rings. The van der Waals surface area contributed by atoms with Crippen LogP contribution in [-0.2, 0) is 19.3 Å². The lowest BCUT2D eigenvalue weighted by Gasteiger charge is -2.21. The van der Waals surface area contributed by atoms with Crippen LogP contribution in [0, 0.1) is 5.92 Å². The van der Waals surface area contributed by atoms with Crippen LogP contribution in [-0.4, -0.2) is 10.2 Å². The van der Waals surface area contributed by atoms with E-state index >= 15 is 0 Å². The molecule has 0 radical (unpaired) electrons. The number of aryl methyl sites for hydroxylation is 3. The van der Waals surface area contributed by atoms with Crippen molar-refractivity contribution in [2.24, 2.45) is 5.92 Å². The van der Waals surface area contributed by atoms with E-state index in [2.05, 4.69) is 24.3 Å². The quantitative estimate of drug-likeness (QED) is 0.671. The van der Waals surface area contributed by atoms with Gasteiger partial charge in [-0.1, -0.05) is 56.4 Å². The van der Waals surface area contributed by atoms with E-state index in [1.807, 2.05) is 0 Å². The van der Waals surface area contributed by atoms with Crippen LogP contribution >= 0.6 is 0 Å².